The van der Waals surface area contributed by atoms with Crippen LogP contribution in [-0.2, 0) is 33.1 Å². The molecule has 0 aliphatic heterocycles. The van der Waals surface area contributed by atoms with Crippen molar-refractivity contribution in [1.29, 1.82) is 0 Å². The number of carbonyl (C=O) groups is 2. The number of allylic oxidation sites excluding steroid dienone is 1. The average Bonchev–Trinajstić information content (AvgIpc) is 2.73. The molecule has 0 radical (unpaired) electrons. The van der Waals surface area contributed by atoms with Gasteiger partial charge in [0.25, 0.3) is 0 Å². The molecule has 0 aromatic heterocycles. The van der Waals surface area contributed by atoms with E-state index in [9.17, 15) is 18.0 Å². The van der Waals surface area contributed by atoms with Gasteiger partial charge in [-0.2, -0.15) is 13.9 Å². The van der Waals surface area contributed by atoms with Crippen molar-refractivity contribution in [2.45, 2.75) is 76.3 Å². The Hall–Kier alpha value is -2.21. The maximum atomic E-state index is 12.6. The van der Waals surface area contributed by atoms with Crippen LogP contribution in [0.3, 0.4) is 0 Å². The molecule has 1 aromatic rings. The van der Waals surface area contributed by atoms with Gasteiger partial charge in [-0.25, -0.2) is 4.79 Å². The predicted molar refractivity (Wildman–Crippen MR) is 129 cm³/mol. The molecule has 0 spiro atoms. The van der Waals surface area contributed by atoms with Crippen molar-refractivity contribution in [3.05, 3.63) is 42.0 Å². The molecule has 190 valence electrons. The minimum Gasteiger partial charge on any atom is -0.466 e. The van der Waals surface area contributed by atoms with E-state index in [-0.39, 0.29) is 16.5 Å². The summed E-state index contributed by atoms with van der Waals surface area (Å²) in [5.74, 6) is -1.11. The zero-order valence-corrected chi connectivity index (χ0v) is 22.6. The second kappa shape index (κ2) is 11.0. The van der Waals surface area contributed by atoms with Gasteiger partial charge in [0, 0.05) is 0 Å². The summed E-state index contributed by atoms with van der Waals surface area (Å²) in [6.45, 7) is 14.0. The third kappa shape index (κ3) is 7.14. The summed E-state index contributed by atoms with van der Waals surface area (Å²) in [5.41, 5.74) is 2.70. The Kier molecular flexibility index (Phi) is 9.08. The Labute approximate surface area is 203 Å². The molecule has 2 rings (SSSR count). The van der Waals surface area contributed by atoms with E-state index in [0.29, 0.717) is 6.42 Å². The molecule has 11 heteroatoms. The van der Waals surface area contributed by atoms with Crippen molar-refractivity contribution in [2.75, 3.05) is 6.61 Å². The highest BCUT2D eigenvalue weighted by atomic mass is 32.2. The number of nitrogens with one attached hydrogen (secondary N) is 1. The summed E-state index contributed by atoms with van der Waals surface area (Å²) in [7, 11) is -6.61. The topological polar surface area (TPSA) is 117 Å². The van der Waals surface area contributed by atoms with Gasteiger partial charge in [-0.3, -0.25) is 4.79 Å². The minimum atomic E-state index is -4.23. The number of esters is 1. The molecule has 0 bridgehead atoms. The summed E-state index contributed by atoms with van der Waals surface area (Å²) in [4.78, 5) is 25.0. The quantitative estimate of drug-likeness (QED) is 0.237. The summed E-state index contributed by atoms with van der Waals surface area (Å²) >= 11 is 0. The number of hydrogen-bond donors (Lipinski definition) is 1. The highest BCUT2D eigenvalue weighted by Gasteiger charge is 2.46. The molecule has 0 saturated carbocycles. The smallest absolute Gasteiger partial charge is 0.433 e. The van der Waals surface area contributed by atoms with E-state index >= 15 is 0 Å². The van der Waals surface area contributed by atoms with E-state index in [1.807, 2.05) is 25.5 Å². The lowest BCUT2D eigenvalue weighted by Crippen LogP contribution is -2.53. The van der Waals surface area contributed by atoms with Crippen LogP contribution in [-0.4, -0.2) is 47.6 Å². The number of amides is 1. The Bertz CT molecular complexity index is 999. The van der Waals surface area contributed by atoms with E-state index in [1.54, 1.807) is 31.2 Å². The summed E-state index contributed by atoms with van der Waals surface area (Å²) in [6, 6.07) is 5.96. The third-order valence-corrected chi connectivity index (χ3v) is 11.7. The molecular formula is C23H35NO8SSi. The highest BCUT2D eigenvalue weighted by molar-refractivity contribution is 7.86. The van der Waals surface area contributed by atoms with Crippen LogP contribution in [0.5, 0.6) is 0 Å². The molecule has 9 nitrogen and oxygen atoms in total. The van der Waals surface area contributed by atoms with Crippen LogP contribution in [0.25, 0.3) is 0 Å². The fraction of sp³-hybridized carbons (Fsp3) is 0.565. The van der Waals surface area contributed by atoms with E-state index in [0.717, 1.165) is 5.56 Å². The van der Waals surface area contributed by atoms with Gasteiger partial charge >= 0.3 is 22.2 Å². The molecule has 0 fully saturated rings. The van der Waals surface area contributed by atoms with Crippen molar-refractivity contribution in [1.82, 2.24) is 5.48 Å². The Morgan fingerprint density at radius 2 is 1.76 bits per heavy atom. The molecule has 3 atom stereocenters. The fourth-order valence-corrected chi connectivity index (χ4v) is 5.15. The van der Waals surface area contributed by atoms with Gasteiger partial charge in [-0.1, -0.05) is 44.5 Å². The molecule has 34 heavy (non-hydrogen) atoms. The molecule has 1 N–H and O–H groups in total. The predicted octanol–water partition coefficient (Wildman–Crippen LogP) is 4.24. The van der Waals surface area contributed by atoms with Crippen LogP contribution in [0, 0.1) is 12.8 Å². The van der Waals surface area contributed by atoms with Gasteiger partial charge in [0.2, 0.25) is 0 Å². The minimum absolute atomic E-state index is 0.113. The summed E-state index contributed by atoms with van der Waals surface area (Å²) in [6.07, 6.45) is 0.861. The van der Waals surface area contributed by atoms with Gasteiger partial charge in [0.05, 0.1) is 23.5 Å². The first-order valence-corrected chi connectivity index (χ1v) is 15.5. The number of aryl methyl sites for hydroxylation is 1. The van der Waals surface area contributed by atoms with Crippen molar-refractivity contribution in [3.8, 4) is 0 Å². The maximum absolute atomic E-state index is 12.6. The van der Waals surface area contributed by atoms with Crippen LogP contribution >= 0.6 is 0 Å². The van der Waals surface area contributed by atoms with Crippen LogP contribution in [0.2, 0.25) is 18.1 Å². The van der Waals surface area contributed by atoms with E-state index in [4.69, 9.17) is 13.9 Å². The van der Waals surface area contributed by atoms with Gasteiger partial charge in [-0.05, 0) is 56.6 Å². The molecule has 0 heterocycles. The number of rotatable bonds is 8. The molecule has 1 aliphatic rings. The maximum Gasteiger partial charge on any atom is 0.433 e. The lowest BCUT2D eigenvalue weighted by Gasteiger charge is -2.43. The number of hydrogen-bond acceptors (Lipinski definition) is 8. The number of ether oxygens (including phenoxy) is 2. The largest absolute Gasteiger partial charge is 0.466 e. The number of benzene rings is 1. The first-order valence-electron chi connectivity index (χ1n) is 11.2. The van der Waals surface area contributed by atoms with Crippen molar-refractivity contribution < 1.29 is 36.2 Å². The van der Waals surface area contributed by atoms with Crippen LogP contribution < -0.4 is 5.48 Å². The Morgan fingerprint density at radius 3 is 2.32 bits per heavy atom. The summed E-state index contributed by atoms with van der Waals surface area (Å²) in [5, 5.41) is -0.161. The van der Waals surface area contributed by atoms with Crippen molar-refractivity contribution in [3.63, 3.8) is 0 Å². The van der Waals surface area contributed by atoms with Crippen LogP contribution in [0.1, 0.15) is 39.7 Å². The second-order valence-corrected chi connectivity index (χ2v) is 16.0. The SMILES string of the molecule is CCOC(=O)[C@H]1CC=C[C@@H](OC(=O)NOS(=O)(=O)c2ccc(C)cc2)[C@@H]1O[Si](C)(C)C(C)(C)C. The fourth-order valence-electron chi connectivity index (χ4n) is 3.07. The molecule has 1 amide bonds. The molecule has 1 aliphatic carbocycles. The van der Waals surface area contributed by atoms with E-state index in [2.05, 4.69) is 25.1 Å². The Balaban J connectivity index is 2.17. The average molecular weight is 514 g/mol. The second-order valence-electron chi connectivity index (χ2n) is 9.69. The van der Waals surface area contributed by atoms with Crippen LogP contribution in [0.4, 0.5) is 4.79 Å². The molecule has 1 aromatic carbocycles. The molecule has 0 saturated heterocycles. The number of carbonyl (C=O) groups excluding carboxylic acids is 2. The first-order chi connectivity index (χ1) is 15.7. The molecular weight excluding hydrogens is 478 g/mol. The zero-order valence-electron chi connectivity index (χ0n) is 20.8. The Morgan fingerprint density at radius 1 is 1.15 bits per heavy atom. The van der Waals surface area contributed by atoms with Crippen molar-refractivity contribution >= 4 is 30.5 Å². The third-order valence-electron chi connectivity index (χ3n) is 6.05. The normalized spacial score (nSPS) is 21.1. The van der Waals surface area contributed by atoms with Crippen LogP contribution in [0.15, 0.2) is 41.3 Å². The van der Waals surface area contributed by atoms with E-state index in [1.165, 1.54) is 12.1 Å². The lowest BCUT2D eigenvalue weighted by atomic mass is 9.89. The van der Waals surface area contributed by atoms with Gasteiger partial charge in [-0.15, -0.1) is 4.28 Å². The van der Waals surface area contributed by atoms with Gasteiger partial charge in [0.1, 0.15) is 6.10 Å². The zero-order chi connectivity index (χ0) is 25.7. The molecule has 0 unspecified atom stereocenters. The lowest BCUT2D eigenvalue weighted by molar-refractivity contribution is -0.154. The van der Waals surface area contributed by atoms with Gasteiger partial charge < -0.3 is 13.9 Å². The monoisotopic (exact) mass is 513 g/mol. The van der Waals surface area contributed by atoms with E-state index < -0.39 is 48.6 Å². The number of hydroxylamine groups is 1. The highest BCUT2D eigenvalue weighted by Crippen LogP contribution is 2.40. The summed E-state index contributed by atoms with van der Waals surface area (Å²) < 4.78 is 46.5. The first kappa shape index (κ1) is 28.0. The van der Waals surface area contributed by atoms with Gasteiger partial charge in [0.15, 0.2) is 8.32 Å². The standard InChI is InChI=1S/C23H35NO8SSi/c1-8-29-21(25)18-10-9-11-19(20(18)31-34(6,7)23(3,4)5)30-22(26)24-32-33(27,28)17-14-12-16(2)13-15-17/h9,11-15,18-20H,8,10H2,1-7H3,(H,24,26)/t18-,19+,20+/m0/s1. The van der Waals surface area contributed by atoms with Crippen molar-refractivity contribution in [2.24, 2.45) is 5.92 Å².